The van der Waals surface area contributed by atoms with Crippen molar-refractivity contribution in [3.8, 4) is 11.1 Å². The molecule has 0 unspecified atom stereocenters. The first-order valence-electron chi connectivity index (χ1n) is 12.8. The maximum absolute atomic E-state index is 13.0. The molecule has 0 radical (unpaired) electrons. The molecule has 0 atom stereocenters. The molecule has 0 saturated carbocycles. The SMILES string of the molecule is Cc1c(S)c(C)c(B(O)O)c(C)c1CN1CCN(C(=O)OCC2c3ccccc3-c3ccccc32)CC1. The number of hydrogen-bond donors (Lipinski definition) is 3. The van der Waals surface area contributed by atoms with Crippen molar-refractivity contribution in [3.63, 3.8) is 0 Å². The molecule has 37 heavy (non-hydrogen) atoms. The number of ether oxygens (including phenoxy) is 1. The molecule has 6 nitrogen and oxygen atoms in total. The van der Waals surface area contributed by atoms with Crippen molar-refractivity contribution in [1.29, 1.82) is 0 Å². The van der Waals surface area contributed by atoms with Crippen LogP contribution in [0.5, 0.6) is 0 Å². The zero-order chi connectivity index (χ0) is 26.3. The fraction of sp³-hybridized carbons (Fsp3) is 0.345. The van der Waals surface area contributed by atoms with Crippen LogP contribution in [-0.4, -0.2) is 65.8 Å². The van der Waals surface area contributed by atoms with E-state index >= 15 is 0 Å². The Morgan fingerprint density at radius 1 is 0.919 bits per heavy atom. The quantitative estimate of drug-likeness (QED) is 0.357. The molecule has 0 bridgehead atoms. The number of benzene rings is 3. The van der Waals surface area contributed by atoms with E-state index in [4.69, 9.17) is 4.74 Å². The lowest BCUT2D eigenvalue weighted by atomic mass is 9.72. The van der Waals surface area contributed by atoms with Crippen LogP contribution in [-0.2, 0) is 11.3 Å². The first-order valence-corrected chi connectivity index (χ1v) is 13.2. The third-order valence-electron chi connectivity index (χ3n) is 8.03. The summed E-state index contributed by atoms with van der Waals surface area (Å²) < 4.78 is 5.84. The molecule has 0 aromatic heterocycles. The van der Waals surface area contributed by atoms with Gasteiger partial charge in [-0.3, -0.25) is 4.90 Å². The minimum atomic E-state index is -1.53. The molecule has 2 aliphatic rings. The standard InChI is InChI=1S/C29H33BN2O4S/c1-18-25(19(2)28(37)20(3)27(18)30(34)35)16-31-12-14-32(15-13-31)29(33)36-17-26-23-10-6-4-8-21(23)22-9-5-7-11-24(22)26/h4-11,26,34-35,37H,12-17H2,1-3H3. The molecule has 1 heterocycles. The van der Waals surface area contributed by atoms with Gasteiger partial charge in [-0.25, -0.2) is 4.79 Å². The Morgan fingerprint density at radius 2 is 1.49 bits per heavy atom. The van der Waals surface area contributed by atoms with Gasteiger partial charge in [-0.05, 0) is 70.7 Å². The molecule has 8 heteroatoms. The van der Waals surface area contributed by atoms with E-state index in [9.17, 15) is 14.8 Å². The van der Waals surface area contributed by atoms with Crippen LogP contribution in [0.15, 0.2) is 53.4 Å². The molecule has 0 spiro atoms. The molecule has 1 fully saturated rings. The number of thiol groups is 1. The Kier molecular flexibility index (Phi) is 7.36. The predicted molar refractivity (Wildman–Crippen MR) is 150 cm³/mol. The number of rotatable bonds is 5. The summed E-state index contributed by atoms with van der Waals surface area (Å²) in [4.78, 5) is 17.8. The van der Waals surface area contributed by atoms with Gasteiger partial charge >= 0.3 is 13.2 Å². The maximum atomic E-state index is 13.0. The lowest BCUT2D eigenvalue weighted by Crippen LogP contribution is -2.49. The third kappa shape index (κ3) is 4.79. The van der Waals surface area contributed by atoms with E-state index in [0.29, 0.717) is 31.7 Å². The zero-order valence-corrected chi connectivity index (χ0v) is 22.5. The van der Waals surface area contributed by atoms with Gasteiger partial charge in [-0.2, -0.15) is 0 Å². The highest BCUT2D eigenvalue weighted by molar-refractivity contribution is 7.80. The summed E-state index contributed by atoms with van der Waals surface area (Å²) in [6, 6.07) is 16.7. The number of amides is 1. The Morgan fingerprint density at radius 3 is 2.05 bits per heavy atom. The molecule has 1 aliphatic heterocycles. The summed E-state index contributed by atoms with van der Waals surface area (Å²) in [5.74, 6) is 0.0524. The van der Waals surface area contributed by atoms with Gasteiger partial charge in [-0.1, -0.05) is 48.5 Å². The smallest absolute Gasteiger partial charge is 0.448 e. The summed E-state index contributed by atoms with van der Waals surface area (Å²) in [7, 11) is -1.53. The molecule has 1 amide bonds. The summed E-state index contributed by atoms with van der Waals surface area (Å²) in [5.41, 5.74) is 9.20. The van der Waals surface area contributed by atoms with Crippen LogP contribution in [0.1, 0.15) is 39.3 Å². The van der Waals surface area contributed by atoms with Gasteiger partial charge in [0.15, 0.2) is 0 Å². The third-order valence-corrected chi connectivity index (χ3v) is 8.70. The van der Waals surface area contributed by atoms with Gasteiger partial charge in [0.1, 0.15) is 6.61 Å². The molecule has 3 aromatic rings. The fourth-order valence-electron chi connectivity index (χ4n) is 5.90. The number of piperazine rings is 1. The molecular weight excluding hydrogens is 483 g/mol. The molecule has 1 saturated heterocycles. The number of carbonyl (C=O) groups excluding carboxylic acids is 1. The number of hydrogen-bond acceptors (Lipinski definition) is 6. The van der Waals surface area contributed by atoms with Crippen LogP contribution in [0.25, 0.3) is 11.1 Å². The highest BCUT2D eigenvalue weighted by Gasteiger charge is 2.31. The fourth-order valence-corrected chi connectivity index (χ4v) is 6.15. The normalized spacial score (nSPS) is 15.5. The molecule has 192 valence electrons. The van der Waals surface area contributed by atoms with E-state index < -0.39 is 7.12 Å². The summed E-state index contributed by atoms with van der Waals surface area (Å²) >= 11 is 4.64. The van der Waals surface area contributed by atoms with E-state index in [-0.39, 0.29) is 12.0 Å². The Bertz CT molecular complexity index is 1290. The monoisotopic (exact) mass is 516 g/mol. The van der Waals surface area contributed by atoms with Crippen molar-refractivity contribution in [1.82, 2.24) is 9.80 Å². The molecule has 1 aliphatic carbocycles. The molecule has 2 N–H and O–H groups in total. The first kappa shape index (κ1) is 25.9. The van der Waals surface area contributed by atoms with Crippen molar-refractivity contribution in [2.75, 3.05) is 32.8 Å². The van der Waals surface area contributed by atoms with Crippen molar-refractivity contribution >= 4 is 31.3 Å². The minimum absolute atomic E-state index is 0.0524. The second-order valence-corrected chi connectivity index (χ2v) is 10.5. The van der Waals surface area contributed by atoms with E-state index in [1.54, 1.807) is 4.90 Å². The predicted octanol–water partition coefficient (Wildman–Crippen LogP) is 3.65. The van der Waals surface area contributed by atoms with Crippen molar-refractivity contribution in [3.05, 3.63) is 81.9 Å². The second kappa shape index (κ2) is 10.5. The van der Waals surface area contributed by atoms with Crippen LogP contribution in [0.4, 0.5) is 4.79 Å². The van der Waals surface area contributed by atoms with Crippen molar-refractivity contribution in [2.24, 2.45) is 0 Å². The second-order valence-electron chi connectivity index (χ2n) is 10.1. The van der Waals surface area contributed by atoms with Crippen LogP contribution in [0, 0.1) is 20.8 Å². The van der Waals surface area contributed by atoms with E-state index in [0.717, 1.165) is 40.2 Å². The lowest BCUT2D eigenvalue weighted by Gasteiger charge is -2.35. The van der Waals surface area contributed by atoms with Crippen LogP contribution in [0.2, 0.25) is 0 Å². The van der Waals surface area contributed by atoms with Gasteiger partial charge < -0.3 is 19.7 Å². The molecule has 3 aromatic carbocycles. The van der Waals surface area contributed by atoms with E-state index in [2.05, 4.69) is 41.8 Å². The summed E-state index contributed by atoms with van der Waals surface area (Å²) in [6.07, 6.45) is -0.271. The zero-order valence-electron chi connectivity index (χ0n) is 21.6. The van der Waals surface area contributed by atoms with Gasteiger partial charge in [0.2, 0.25) is 0 Å². The maximum Gasteiger partial charge on any atom is 0.489 e. The number of carbonyl (C=O) groups is 1. The summed E-state index contributed by atoms with van der Waals surface area (Å²) in [5, 5.41) is 19.8. The topological polar surface area (TPSA) is 73.2 Å². The number of nitrogens with zero attached hydrogens (tertiary/aromatic N) is 2. The largest absolute Gasteiger partial charge is 0.489 e. The molecule has 5 rings (SSSR count). The van der Waals surface area contributed by atoms with Gasteiger partial charge in [0.05, 0.1) is 0 Å². The first-order chi connectivity index (χ1) is 17.8. The Hall–Kier alpha value is -2.78. The van der Waals surface area contributed by atoms with Crippen LogP contribution < -0.4 is 5.46 Å². The highest BCUT2D eigenvalue weighted by Crippen LogP contribution is 2.44. The Labute approximate surface area is 224 Å². The van der Waals surface area contributed by atoms with Crippen molar-refractivity contribution < 1.29 is 19.6 Å². The van der Waals surface area contributed by atoms with E-state index in [1.807, 2.05) is 45.0 Å². The van der Waals surface area contributed by atoms with Gasteiger partial charge in [-0.15, -0.1) is 12.6 Å². The van der Waals surface area contributed by atoms with Crippen LogP contribution in [0.3, 0.4) is 0 Å². The van der Waals surface area contributed by atoms with Crippen molar-refractivity contribution in [2.45, 2.75) is 38.1 Å². The van der Waals surface area contributed by atoms with Gasteiger partial charge in [0, 0.05) is 43.5 Å². The van der Waals surface area contributed by atoms with Gasteiger partial charge in [0.25, 0.3) is 0 Å². The summed E-state index contributed by atoms with van der Waals surface area (Å²) in [6.45, 7) is 9.44. The highest BCUT2D eigenvalue weighted by atomic mass is 32.1. The minimum Gasteiger partial charge on any atom is -0.448 e. The number of fused-ring (bicyclic) bond motifs is 3. The average molecular weight is 516 g/mol. The lowest BCUT2D eigenvalue weighted by molar-refractivity contribution is 0.0727. The average Bonchev–Trinajstić information content (AvgIpc) is 3.22. The Balaban J connectivity index is 1.21. The molecular formula is C29H33BN2O4S. The van der Waals surface area contributed by atoms with E-state index in [1.165, 1.54) is 22.3 Å². The van der Waals surface area contributed by atoms with Crippen LogP contribution >= 0.6 is 12.6 Å².